The minimum absolute atomic E-state index is 0.123. The molecule has 0 aromatic heterocycles. The van der Waals surface area contributed by atoms with Crippen LogP contribution in [0.1, 0.15) is 53.4 Å². The Morgan fingerprint density at radius 2 is 1.90 bits per heavy atom. The molecule has 0 radical (unpaired) electrons. The van der Waals surface area contributed by atoms with Gasteiger partial charge in [-0.05, 0) is 32.6 Å². The van der Waals surface area contributed by atoms with Crippen molar-refractivity contribution in [2.24, 2.45) is 5.92 Å². The maximum atomic E-state index is 12.7. The lowest BCUT2D eigenvalue weighted by Crippen LogP contribution is -2.55. The van der Waals surface area contributed by atoms with Crippen LogP contribution < -0.4 is 0 Å². The number of rotatable bonds is 6. The molecule has 1 aliphatic heterocycles. The van der Waals surface area contributed by atoms with Gasteiger partial charge in [0.15, 0.2) is 0 Å². The second kappa shape index (κ2) is 6.95. The van der Waals surface area contributed by atoms with Crippen LogP contribution in [-0.4, -0.2) is 52.1 Å². The van der Waals surface area contributed by atoms with Gasteiger partial charge < -0.3 is 14.9 Å². The van der Waals surface area contributed by atoms with Crippen LogP contribution in [0.25, 0.3) is 0 Å². The highest BCUT2D eigenvalue weighted by molar-refractivity contribution is 5.86. The third kappa shape index (κ3) is 3.25. The number of carboxylic acids is 1. The second-order valence-corrected chi connectivity index (χ2v) is 5.84. The first-order valence-electron chi connectivity index (χ1n) is 7.70. The summed E-state index contributed by atoms with van der Waals surface area (Å²) in [4.78, 5) is 27.5. The quantitative estimate of drug-likeness (QED) is 0.816. The van der Waals surface area contributed by atoms with E-state index in [0.29, 0.717) is 32.0 Å². The van der Waals surface area contributed by atoms with Crippen molar-refractivity contribution < 1.29 is 14.7 Å². The zero-order chi connectivity index (χ0) is 15.3. The molecule has 0 aromatic rings. The number of carbonyl (C=O) groups excluding carboxylic acids is 1. The molecule has 5 nitrogen and oxygen atoms in total. The van der Waals surface area contributed by atoms with Gasteiger partial charge in [0.2, 0.25) is 0 Å². The van der Waals surface area contributed by atoms with E-state index in [-0.39, 0.29) is 6.03 Å². The van der Waals surface area contributed by atoms with Crippen LogP contribution in [0.2, 0.25) is 0 Å². The monoisotopic (exact) mass is 284 g/mol. The normalized spacial score (nSPS) is 22.4. The summed E-state index contributed by atoms with van der Waals surface area (Å²) in [5.41, 5.74) is -1.04. The van der Waals surface area contributed by atoms with Gasteiger partial charge >= 0.3 is 12.0 Å². The Kier molecular flexibility index (Phi) is 5.84. The van der Waals surface area contributed by atoms with Gasteiger partial charge in [0, 0.05) is 19.6 Å². The van der Waals surface area contributed by atoms with Crippen LogP contribution in [0.3, 0.4) is 0 Å². The van der Waals surface area contributed by atoms with Crippen molar-refractivity contribution in [3.8, 4) is 0 Å². The first-order valence-corrected chi connectivity index (χ1v) is 7.70. The minimum Gasteiger partial charge on any atom is -0.480 e. The highest BCUT2D eigenvalue weighted by atomic mass is 16.4. The largest absolute Gasteiger partial charge is 0.480 e. The van der Waals surface area contributed by atoms with Crippen molar-refractivity contribution in [2.45, 2.75) is 58.9 Å². The average molecular weight is 284 g/mol. The van der Waals surface area contributed by atoms with Crippen molar-refractivity contribution in [2.75, 3.05) is 19.6 Å². The summed E-state index contributed by atoms with van der Waals surface area (Å²) in [5, 5.41) is 9.41. The standard InChI is InChI=1S/C15H28N2O3/c1-5-12(6-2)11-16(7-3)14(20)17-10-8-9-15(17,4)13(18)19/h12H,5-11H2,1-4H3,(H,18,19). The summed E-state index contributed by atoms with van der Waals surface area (Å²) in [5.74, 6) is -0.417. The SMILES string of the molecule is CCC(CC)CN(CC)C(=O)N1CCCC1(C)C(=O)O. The van der Waals surface area contributed by atoms with Crippen LogP contribution in [0, 0.1) is 5.92 Å². The fourth-order valence-corrected chi connectivity index (χ4v) is 2.86. The maximum Gasteiger partial charge on any atom is 0.329 e. The van der Waals surface area contributed by atoms with E-state index in [1.54, 1.807) is 16.7 Å². The molecular formula is C15H28N2O3. The Hall–Kier alpha value is -1.26. The number of nitrogens with zero attached hydrogens (tertiary/aromatic N) is 2. The highest BCUT2D eigenvalue weighted by Crippen LogP contribution is 2.30. The van der Waals surface area contributed by atoms with E-state index in [2.05, 4.69) is 13.8 Å². The van der Waals surface area contributed by atoms with Crippen LogP contribution in [0.15, 0.2) is 0 Å². The molecule has 0 saturated carbocycles. The Morgan fingerprint density at radius 1 is 1.30 bits per heavy atom. The predicted octanol–water partition coefficient (Wildman–Crippen LogP) is 2.80. The topological polar surface area (TPSA) is 60.9 Å². The fraction of sp³-hybridized carbons (Fsp3) is 0.867. The fourth-order valence-electron chi connectivity index (χ4n) is 2.86. The third-order valence-corrected chi connectivity index (χ3v) is 4.62. The molecule has 1 atom stereocenters. The van der Waals surface area contributed by atoms with E-state index in [1.807, 2.05) is 6.92 Å². The number of urea groups is 1. The molecule has 2 amide bonds. The Labute approximate surface area is 121 Å². The van der Waals surface area contributed by atoms with Crippen LogP contribution in [-0.2, 0) is 4.79 Å². The predicted molar refractivity (Wildman–Crippen MR) is 78.7 cm³/mol. The molecule has 1 rings (SSSR count). The van der Waals surface area contributed by atoms with Crippen LogP contribution >= 0.6 is 0 Å². The van der Waals surface area contributed by atoms with E-state index in [4.69, 9.17) is 0 Å². The lowest BCUT2D eigenvalue weighted by atomic mass is 9.99. The van der Waals surface area contributed by atoms with E-state index in [0.717, 1.165) is 19.3 Å². The third-order valence-electron chi connectivity index (χ3n) is 4.62. The first-order chi connectivity index (χ1) is 9.40. The molecule has 1 heterocycles. The molecule has 1 N–H and O–H groups in total. The van der Waals surface area contributed by atoms with E-state index in [1.165, 1.54) is 0 Å². The van der Waals surface area contributed by atoms with Gasteiger partial charge in [-0.2, -0.15) is 0 Å². The number of hydrogen-bond acceptors (Lipinski definition) is 2. The number of amides is 2. The zero-order valence-corrected chi connectivity index (χ0v) is 13.2. The first kappa shape index (κ1) is 16.8. The number of likely N-dealkylation sites (tertiary alicyclic amines) is 1. The van der Waals surface area contributed by atoms with E-state index in [9.17, 15) is 14.7 Å². The van der Waals surface area contributed by atoms with Crippen LogP contribution in [0.5, 0.6) is 0 Å². The molecule has 1 saturated heterocycles. The van der Waals surface area contributed by atoms with Gasteiger partial charge in [-0.3, -0.25) is 0 Å². The summed E-state index contributed by atoms with van der Waals surface area (Å²) >= 11 is 0. The van der Waals surface area contributed by atoms with Gasteiger partial charge in [-0.25, -0.2) is 9.59 Å². The van der Waals surface area contributed by atoms with Gasteiger partial charge in [0.05, 0.1) is 0 Å². The lowest BCUT2D eigenvalue weighted by Gasteiger charge is -2.36. The van der Waals surface area contributed by atoms with Crippen molar-refractivity contribution >= 4 is 12.0 Å². The maximum absolute atomic E-state index is 12.7. The highest BCUT2D eigenvalue weighted by Gasteiger charge is 2.47. The summed E-state index contributed by atoms with van der Waals surface area (Å²) in [6, 6.07) is -0.123. The molecule has 1 unspecified atom stereocenters. The summed E-state index contributed by atoms with van der Waals surface area (Å²) in [6.45, 7) is 9.75. The second-order valence-electron chi connectivity index (χ2n) is 5.84. The molecule has 20 heavy (non-hydrogen) atoms. The Bertz CT molecular complexity index is 355. The van der Waals surface area contributed by atoms with Crippen LogP contribution in [0.4, 0.5) is 4.79 Å². The number of carbonyl (C=O) groups is 2. The number of aliphatic carboxylic acids is 1. The molecule has 0 aliphatic carbocycles. The van der Waals surface area contributed by atoms with Crippen molar-refractivity contribution in [1.29, 1.82) is 0 Å². The number of hydrogen-bond donors (Lipinski definition) is 1. The molecular weight excluding hydrogens is 256 g/mol. The van der Waals surface area contributed by atoms with E-state index < -0.39 is 11.5 Å². The molecule has 1 fully saturated rings. The van der Waals surface area contributed by atoms with Gasteiger partial charge in [0.25, 0.3) is 0 Å². The van der Waals surface area contributed by atoms with Gasteiger partial charge in [-0.15, -0.1) is 0 Å². The summed E-state index contributed by atoms with van der Waals surface area (Å²) in [6.07, 6.45) is 3.38. The molecule has 1 aliphatic rings. The Morgan fingerprint density at radius 3 is 2.35 bits per heavy atom. The lowest BCUT2D eigenvalue weighted by molar-refractivity contribution is -0.147. The average Bonchev–Trinajstić information content (AvgIpc) is 2.83. The van der Waals surface area contributed by atoms with Crippen molar-refractivity contribution in [3.63, 3.8) is 0 Å². The molecule has 0 spiro atoms. The molecule has 116 valence electrons. The van der Waals surface area contributed by atoms with Crippen molar-refractivity contribution in [3.05, 3.63) is 0 Å². The van der Waals surface area contributed by atoms with Gasteiger partial charge in [-0.1, -0.05) is 26.7 Å². The van der Waals surface area contributed by atoms with E-state index >= 15 is 0 Å². The molecule has 5 heteroatoms. The smallest absolute Gasteiger partial charge is 0.329 e. The summed E-state index contributed by atoms with van der Waals surface area (Å²) < 4.78 is 0. The molecule has 0 bridgehead atoms. The van der Waals surface area contributed by atoms with Gasteiger partial charge in [0.1, 0.15) is 5.54 Å². The number of carboxylic acid groups (broad SMARTS) is 1. The Balaban J connectivity index is 2.83. The zero-order valence-electron chi connectivity index (χ0n) is 13.2. The molecule has 0 aromatic carbocycles. The summed E-state index contributed by atoms with van der Waals surface area (Å²) in [7, 11) is 0. The minimum atomic E-state index is -1.04. The van der Waals surface area contributed by atoms with Crippen molar-refractivity contribution in [1.82, 2.24) is 9.80 Å².